The number of imidazole rings is 1. The van der Waals surface area contributed by atoms with Crippen molar-refractivity contribution in [1.82, 2.24) is 14.9 Å². The number of fused-ring (bicyclic) bond motifs is 1. The molecule has 18 heavy (non-hydrogen) atoms. The topological polar surface area (TPSA) is 57.9 Å². The first-order valence-corrected chi connectivity index (χ1v) is 6.39. The van der Waals surface area contributed by atoms with Gasteiger partial charge in [-0.15, -0.1) is 0 Å². The predicted molar refractivity (Wildman–Crippen MR) is 71.7 cm³/mol. The van der Waals surface area contributed by atoms with Gasteiger partial charge in [0.2, 0.25) is 0 Å². The van der Waals surface area contributed by atoms with E-state index in [0.29, 0.717) is 6.04 Å². The van der Waals surface area contributed by atoms with Crippen LogP contribution in [0.3, 0.4) is 0 Å². The predicted octanol–water partition coefficient (Wildman–Crippen LogP) is 2.46. The number of aromatic amines is 1. The van der Waals surface area contributed by atoms with Crippen molar-refractivity contribution < 1.29 is 0 Å². The van der Waals surface area contributed by atoms with Crippen LogP contribution in [-0.4, -0.2) is 14.9 Å². The molecule has 1 aliphatic rings. The second kappa shape index (κ2) is 4.46. The highest BCUT2D eigenvalue weighted by atomic mass is 15.2. The summed E-state index contributed by atoms with van der Waals surface area (Å²) in [5, 5.41) is 0. The molecule has 0 spiro atoms. The number of aromatic nitrogens is 2. The van der Waals surface area contributed by atoms with Crippen LogP contribution in [-0.2, 0) is 13.1 Å². The molecule has 0 saturated heterocycles. The number of anilines is 1. The minimum Gasteiger partial charge on any atom is -0.398 e. The van der Waals surface area contributed by atoms with Crippen LogP contribution in [0.15, 0.2) is 30.6 Å². The Morgan fingerprint density at radius 1 is 1.44 bits per heavy atom. The van der Waals surface area contributed by atoms with Gasteiger partial charge in [-0.1, -0.05) is 19.1 Å². The highest BCUT2D eigenvalue weighted by molar-refractivity contribution is 5.52. The van der Waals surface area contributed by atoms with Crippen molar-refractivity contribution >= 4 is 5.69 Å². The SMILES string of the molecule is CCC(c1ncc[nH]1)N1Cc2cccc(N)c2C1. The van der Waals surface area contributed by atoms with Gasteiger partial charge in [0.05, 0.1) is 6.04 Å². The smallest absolute Gasteiger partial charge is 0.123 e. The number of benzene rings is 1. The van der Waals surface area contributed by atoms with Gasteiger partial charge in [-0.25, -0.2) is 4.98 Å². The summed E-state index contributed by atoms with van der Waals surface area (Å²) in [6, 6.07) is 6.52. The molecule has 1 unspecified atom stereocenters. The number of nitrogens with two attached hydrogens (primary N) is 1. The third-order valence-corrected chi connectivity index (χ3v) is 3.71. The highest BCUT2D eigenvalue weighted by Gasteiger charge is 2.28. The van der Waals surface area contributed by atoms with E-state index in [0.717, 1.165) is 31.0 Å². The van der Waals surface area contributed by atoms with Gasteiger partial charge in [-0.05, 0) is 23.6 Å². The average Bonchev–Trinajstić information content (AvgIpc) is 3.00. The van der Waals surface area contributed by atoms with Gasteiger partial charge in [0.15, 0.2) is 0 Å². The molecule has 1 atom stereocenters. The van der Waals surface area contributed by atoms with Gasteiger partial charge in [0.1, 0.15) is 5.82 Å². The Morgan fingerprint density at radius 2 is 2.33 bits per heavy atom. The zero-order valence-corrected chi connectivity index (χ0v) is 10.6. The molecule has 3 rings (SSSR count). The summed E-state index contributed by atoms with van der Waals surface area (Å²) in [4.78, 5) is 10.0. The largest absolute Gasteiger partial charge is 0.398 e. The number of rotatable bonds is 3. The average molecular weight is 242 g/mol. The van der Waals surface area contributed by atoms with Crippen molar-refractivity contribution in [3.8, 4) is 0 Å². The maximum atomic E-state index is 6.04. The Balaban J connectivity index is 1.87. The van der Waals surface area contributed by atoms with Crippen LogP contribution in [0.2, 0.25) is 0 Å². The van der Waals surface area contributed by atoms with Gasteiger partial charge in [-0.3, -0.25) is 4.90 Å². The van der Waals surface area contributed by atoms with E-state index in [9.17, 15) is 0 Å². The first kappa shape index (κ1) is 11.3. The molecule has 4 nitrogen and oxygen atoms in total. The standard InChI is InChI=1S/C14H18N4/c1-2-13(14-16-6-7-17-14)18-8-10-4-3-5-12(15)11(10)9-18/h3-7,13H,2,8-9,15H2,1H3,(H,16,17). The molecule has 1 aliphatic heterocycles. The van der Waals surface area contributed by atoms with Crippen molar-refractivity contribution in [3.63, 3.8) is 0 Å². The van der Waals surface area contributed by atoms with E-state index in [1.807, 2.05) is 24.5 Å². The minimum atomic E-state index is 0.340. The molecule has 3 N–H and O–H groups in total. The van der Waals surface area contributed by atoms with E-state index in [4.69, 9.17) is 5.73 Å². The lowest BCUT2D eigenvalue weighted by Gasteiger charge is -2.24. The number of nitrogens with zero attached hydrogens (tertiary/aromatic N) is 2. The molecule has 1 aromatic heterocycles. The summed E-state index contributed by atoms with van der Waals surface area (Å²) in [6.45, 7) is 4.07. The van der Waals surface area contributed by atoms with Gasteiger partial charge < -0.3 is 10.7 Å². The zero-order valence-electron chi connectivity index (χ0n) is 10.6. The lowest BCUT2D eigenvalue weighted by molar-refractivity contribution is 0.188. The summed E-state index contributed by atoms with van der Waals surface area (Å²) in [7, 11) is 0. The summed E-state index contributed by atoms with van der Waals surface area (Å²) in [5.41, 5.74) is 9.58. The molecule has 2 heterocycles. The van der Waals surface area contributed by atoms with Gasteiger partial charge in [0, 0.05) is 31.2 Å². The maximum Gasteiger partial charge on any atom is 0.123 e. The van der Waals surface area contributed by atoms with E-state index >= 15 is 0 Å². The number of hydrogen-bond donors (Lipinski definition) is 2. The van der Waals surface area contributed by atoms with Crippen LogP contribution >= 0.6 is 0 Å². The minimum absolute atomic E-state index is 0.340. The first-order valence-electron chi connectivity index (χ1n) is 6.39. The number of nitrogen functional groups attached to an aromatic ring is 1. The summed E-state index contributed by atoms with van der Waals surface area (Å²) in [5.74, 6) is 1.05. The Labute approximate surface area is 107 Å². The Kier molecular flexibility index (Phi) is 2.80. The molecule has 0 radical (unpaired) electrons. The molecule has 2 aromatic rings. The van der Waals surface area contributed by atoms with Crippen molar-refractivity contribution in [1.29, 1.82) is 0 Å². The van der Waals surface area contributed by atoms with Crippen LogP contribution in [0.1, 0.15) is 36.3 Å². The number of H-pyrrole nitrogens is 1. The van der Waals surface area contributed by atoms with Gasteiger partial charge >= 0.3 is 0 Å². The molecule has 94 valence electrons. The second-order valence-corrected chi connectivity index (χ2v) is 4.79. The highest BCUT2D eigenvalue weighted by Crippen LogP contribution is 2.34. The Bertz CT molecular complexity index is 533. The number of hydrogen-bond acceptors (Lipinski definition) is 3. The molecule has 0 saturated carbocycles. The van der Waals surface area contributed by atoms with Crippen LogP contribution in [0.25, 0.3) is 0 Å². The van der Waals surface area contributed by atoms with E-state index in [1.54, 1.807) is 0 Å². The monoisotopic (exact) mass is 242 g/mol. The second-order valence-electron chi connectivity index (χ2n) is 4.79. The quantitative estimate of drug-likeness (QED) is 0.813. The lowest BCUT2D eigenvalue weighted by Crippen LogP contribution is -2.23. The first-order chi connectivity index (χ1) is 8.79. The van der Waals surface area contributed by atoms with E-state index in [-0.39, 0.29) is 0 Å². The molecule has 0 aliphatic carbocycles. The van der Waals surface area contributed by atoms with Crippen LogP contribution < -0.4 is 5.73 Å². The van der Waals surface area contributed by atoms with Crippen LogP contribution in [0.4, 0.5) is 5.69 Å². The lowest BCUT2D eigenvalue weighted by atomic mass is 10.1. The third-order valence-electron chi connectivity index (χ3n) is 3.71. The fraction of sp³-hybridized carbons (Fsp3) is 0.357. The number of nitrogens with one attached hydrogen (secondary N) is 1. The molecular formula is C14H18N4. The van der Waals surface area contributed by atoms with Crippen molar-refractivity contribution in [2.24, 2.45) is 0 Å². The third kappa shape index (κ3) is 1.78. The van der Waals surface area contributed by atoms with Crippen LogP contribution in [0.5, 0.6) is 0 Å². The molecule has 0 amide bonds. The van der Waals surface area contributed by atoms with Crippen molar-refractivity contribution in [2.45, 2.75) is 32.5 Å². The normalized spacial score (nSPS) is 16.7. The Morgan fingerprint density at radius 3 is 3.00 bits per heavy atom. The fourth-order valence-corrected chi connectivity index (χ4v) is 2.78. The molecule has 4 heteroatoms. The summed E-state index contributed by atoms with van der Waals surface area (Å²) >= 11 is 0. The molecule has 0 fully saturated rings. The summed E-state index contributed by atoms with van der Waals surface area (Å²) in [6.07, 6.45) is 4.74. The van der Waals surface area contributed by atoms with Gasteiger partial charge in [0.25, 0.3) is 0 Å². The van der Waals surface area contributed by atoms with E-state index < -0.39 is 0 Å². The fourth-order valence-electron chi connectivity index (χ4n) is 2.78. The summed E-state index contributed by atoms with van der Waals surface area (Å²) < 4.78 is 0. The molecule has 1 aromatic carbocycles. The van der Waals surface area contributed by atoms with Gasteiger partial charge in [-0.2, -0.15) is 0 Å². The van der Waals surface area contributed by atoms with Crippen LogP contribution in [0, 0.1) is 0 Å². The molecular weight excluding hydrogens is 224 g/mol. The van der Waals surface area contributed by atoms with Crippen molar-refractivity contribution in [2.75, 3.05) is 5.73 Å². The molecule has 0 bridgehead atoms. The Hall–Kier alpha value is -1.81. The van der Waals surface area contributed by atoms with Crippen molar-refractivity contribution in [3.05, 3.63) is 47.5 Å². The van der Waals surface area contributed by atoms with E-state index in [1.165, 1.54) is 11.1 Å². The maximum absolute atomic E-state index is 6.04. The zero-order chi connectivity index (χ0) is 12.5. The van der Waals surface area contributed by atoms with E-state index in [2.05, 4.69) is 27.9 Å².